The van der Waals surface area contributed by atoms with Crippen LogP contribution in [0, 0.1) is 0 Å². The zero-order valence-corrected chi connectivity index (χ0v) is 15.0. The van der Waals surface area contributed by atoms with Crippen molar-refractivity contribution >= 4 is 17.5 Å². The quantitative estimate of drug-likeness (QED) is 0.844. The lowest BCUT2D eigenvalue weighted by molar-refractivity contribution is -0.135. The van der Waals surface area contributed by atoms with Gasteiger partial charge in [0.05, 0.1) is 6.33 Å². The number of anilines is 1. The van der Waals surface area contributed by atoms with Gasteiger partial charge >= 0.3 is 0 Å². The third kappa shape index (κ3) is 4.62. The molecule has 0 spiro atoms. The number of aromatic nitrogens is 2. The largest absolute Gasteiger partial charge is 0.370 e. The molecule has 1 aliphatic rings. The highest BCUT2D eigenvalue weighted by atomic mass is 16.2. The summed E-state index contributed by atoms with van der Waals surface area (Å²) in [7, 11) is 0. The maximum absolute atomic E-state index is 13.0. The first-order valence-corrected chi connectivity index (χ1v) is 8.96. The number of imidazole rings is 1. The first-order valence-electron chi connectivity index (χ1n) is 8.96. The second kappa shape index (κ2) is 8.51. The van der Waals surface area contributed by atoms with Crippen LogP contribution in [-0.2, 0) is 16.0 Å². The number of aromatic amines is 1. The van der Waals surface area contributed by atoms with Gasteiger partial charge in [-0.15, -0.1) is 0 Å². The number of para-hydroxylation sites is 1. The van der Waals surface area contributed by atoms with Crippen LogP contribution >= 0.6 is 0 Å². The number of rotatable bonds is 5. The molecule has 0 saturated carbocycles. The van der Waals surface area contributed by atoms with Crippen LogP contribution in [-0.4, -0.2) is 58.9 Å². The van der Waals surface area contributed by atoms with E-state index in [0.717, 1.165) is 25.2 Å². The number of carbonyl (C=O) groups is 2. The molecule has 0 bridgehead atoms. The summed E-state index contributed by atoms with van der Waals surface area (Å²) in [6, 6.07) is 9.67. The van der Waals surface area contributed by atoms with Crippen molar-refractivity contribution in [2.75, 3.05) is 31.1 Å². The SMILES string of the molecule is CC(=O)N[C@@H](Cc1cnc[nH]1)C(=O)N1CCCN(c2ccccc2)CC1. The number of nitrogens with one attached hydrogen (secondary N) is 2. The predicted molar refractivity (Wildman–Crippen MR) is 99.7 cm³/mol. The number of hydrogen-bond acceptors (Lipinski definition) is 4. The highest BCUT2D eigenvalue weighted by Gasteiger charge is 2.27. The molecule has 2 aromatic rings. The van der Waals surface area contributed by atoms with Crippen LogP contribution in [0.25, 0.3) is 0 Å². The Balaban J connectivity index is 1.65. The van der Waals surface area contributed by atoms with Gasteiger partial charge < -0.3 is 20.1 Å². The average molecular weight is 355 g/mol. The third-order valence-electron chi connectivity index (χ3n) is 4.58. The maximum Gasteiger partial charge on any atom is 0.245 e. The van der Waals surface area contributed by atoms with E-state index in [-0.39, 0.29) is 11.8 Å². The van der Waals surface area contributed by atoms with Crippen LogP contribution in [0.3, 0.4) is 0 Å². The number of nitrogens with zero attached hydrogens (tertiary/aromatic N) is 3. The smallest absolute Gasteiger partial charge is 0.245 e. The molecule has 1 aliphatic heterocycles. The zero-order chi connectivity index (χ0) is 18.4. The lowest BCUT2D eigenvalue weighted by Crippen LogP contribution is -2.50. The molecule has 0 aliphatic carbocycles. The molecule has 1 saturated heterocycles. The normalized spacial score (nSPS) is 16.0. The molecule has 2 heterocycles. The summed E-state index contributed by atoms with van der Waals surface area (Å²) in [5, 5.41) is 2.79. The molecule has 1 atom stereocenters. The Morgan fingerprint density at radius 1 is 1.19 bits per heavy atom. The molecule has 1 fully saturated rings. The van der Waals surface area contributed by atoms with E-state index in [9.17, 15) is 9.59 Å². The Kier molecular flexibility index (Phi) is 5.88. The van der Waals surface area contributed by atoms with Crippen LogP contribution in [0.5, 0.6) is 0 Å². The van der Waals surface area contributed by atoms with E-state index in [1.807, 2.05) is 23.1 Å². The fraction of sp³-hybridized carbons (Fsp3) is 0.421. The fourth-order valence-electron chi connectivity index (χ4n) is 3.32. The lowest BCUT2D eigenvalue weighted by Gasteiger charge is -2.27. The second-order valence-electron chi connectivity index (χ2n) is 6.54. The Labute approximate surface area is 153 Å². The predicted octanol–water partition coefficient (Wildman–Crippen LogP) is 1.20. The van der Waals surface area contributed by atoms with Gasteiger partial charge in [0.25, 0.3) is 0 Å². The summed E-state index contributed by atoms with van der Waals surface area (Å²) >= 11 is 0. The highest BCUT2D eigenvalue weighted by Crippen LogP contribution is 2.16. The van der Waals surface area contributed by atoms with Crippen LogP contribution in [0.2, 0.25) is 0 Å². The number of hydrogen-bond donors (Lipinski definition) is 2. The molecule has 2 N–H and O–H groups in total. The molecule has 2 amide bonds. The van der Waals surface area contributed by atoms with Crippen molar-refractivity contribution in [1.29, 1.82) is 0 Å². The summed E-state index contributed by atoms with van der Waals surface area (Å²) in [4.78, 5) is 35.7. The van der Waals surface area contributed by atoms with Gasteiger partial charge in [-0.3, -0.25) is 9.59 Å². The van der Waals surface area contributed by atoms with Crippen LogP contribution < -0.4 is 10.2 Å². The van der Waals surface area contributed by atoms with Gasteiger partial charge in [-0.25, -0.2) is 4.98 Å². The highest BCUT2D eigenvalue weighted by molar-refractivity contribution is 5.87. The summed E-state index contributed by atoms with van der Waals surface area (Å²) in [5.41, 5.74) is 2.01. The van der Waals surface area contributed by atoms with Crippen molar-refractivity contribution in [1.82, 2.24) is 20.2 Å². The van der Waals surface area contributed by atoms with Gasteiger partial charge in [0.1, 0.15) is 6.04 Å². The van der Waals surface area contributed by atoms with Crippen molar-refractivity contribution < 1.29 is 9.59 Å². The van der Waals surface area contributed by atoms with Gasteiger partial charge in [0, 0.05) is 57.1 Å². The monoisotopic (exact) mass is 355 g/mol. The summed E-state index contributed by atoms with van der Waals surface area (Å²) in [6.45, 7) is 4.48. The summed E-state index contributed by atoms with van der Waals surface area (Å²) < 4.78 is 0. The maximum atomic E-state index is 13.0. The molecule has 0 radical (unpaired) electrons. The average Bonchev–Trinajstić information content (AvgIpc) is 3.02. The zero-order valence-electron chi connectivity index (χ0n) is 15.0. The van der Waals surface area contributed by atoms with Crippen molar-refractivity contribution in [2.45, 2.75) is 25.8 Å². The van der Waals surface area contributed by atoms with E-state index in [1.165, 1.54) is 12.6 Å². The minimum Gasteiger partial charge on any atom is -0.370 e. The first-order chi connectivity index (χ1) is 12.6. The van der Waals surface area contributed by atoms with Gasteiger partial charge in [-0.2, -0.15) is 0 Å². The molecule has 7 nitrogen and oxygen atoms in total. The number of amides is 2. The molecule has 3 rings (SSSR count). The standard InChI is InChI=1S/C19H25N5O2/c1-15(25)22-18(12-16-13-20-14-21-16)19(26)24-9-5-8-23(10-11-24)17-6-3-2-4-7-17/h2-4,6-7,13-14,18H,5,8-12H2,1H3,(H,20,21)(H,22,25)/t18-/m0/s1. The molecule has 0 unspecified atom stereocenters. The van der Waals surface area contributed by atoms with E-state index in [4.69, 9.17) is 0 Å². The van der Waals surface area contributed by atoms with Gasteiger partial charge in [-0.1, -0.05) is 18.2 Å². The van der Waals surface area contributed by atoms with Crippen LogP contribution in [0.15, 0.2) is 42.9 Å². The molecule has 1 aromatic carbocycles. The van der Waals surface area contributed by atoms with E-state index in [2.05, 4.69) is 32.3 Å². The second-order valence-corrected chi connectivity index (χ2v) is 6.54. The Morgan fingerprint density at radius 3 is 2.69 bits per heavy atom. The molecule has 7 heteroatoms. The van der Waals surface area contributed by atoms with Crippen molar-refractivity contribution in [2.24, 2.45) is 0 Å². The van der Waals surface area contributed by atoms with E-state index >= 15 is 0 Å². The third-order valence-corrected chi connectivity index (χ3v) is 4.58. The number of H-pyrrole nitrogens is 1. The molecular weight excluding hydrogens is 330 g/mol. The summed E-state index contributed by atoms with van der Waals surface area (Å²) in [5.74, 6) is -0.242. The van der Waals surface area contributed by atoms with E-state index in [1.54, 1.807) is 12.5 Å². The topological polar surface area (TPSA) is 81.3 Å². The molecule has 26 heavy (non-hydrogen) atoms. The molecular formula is C19H25N5O2. The summed E-state index contributed by atoms with van der Waals surface area (Å²) in [6.07, 6.45) is 4.57. The fourth-order valence-corrected chi connectivity index (χ4v) is 3.32. The Bertz CT molecular complexity index is 717. The minimum atomic E-state index is -0.573. The lowest BCUT2D eigenvalue weighted by atomic mass is 10.1. The van der Waals surface area contributed by atoms with Crippen molar-refractivity contribution in [3.63, 3.8) is 0 Å². The first kappa shape index (κ1) is 18.0. The molecule has 138 valence electrons. The Hall–Kier alpha value is -2.83. The van der Waals surface area contributed by atoms with Gasteiger partial charge in [0.2, 0.25) is 11.8 Å². The van der Waals surface area contributed by atoms with E-state index < -0.39 is 6.04 Å². The van der Waals surface area contributed by atoms with Gasteiger partial charge in [0.15, 0.2) is 0 Å². The van der Waals surface area contributed by atoms with Crippen LogP contribution in [0.4, 0.5) is 5.69 Å². The van der Waals surface area contributed by atoms with Crippen molar-refractivity contribution in [3.8, 4) is 0 Å². The Morgan fingerprint density at radius 2 is 2.00 bits per heavy atom. The minimum absolute atomic E-state index is 0.0373. The molecule has 1 aromatic heterocycles. The van der Waals surface area contributed by atoms with Crippen molar-refractivity contribution in [3.05, 3.63) is 48.5 Å². The number of carbonyl (C=O) groups excluding carboxylic acids is 2. The van der Waals surface area contributed by atoms with Gasteiger partial charge in [-0.05, 0) is 18.6 Å². The van der Waals surface area contributed by atoms with Crippen LogP contribution in [0.1, 0.15) is 19.0 Å². The number of benzene rings is 1. The van der Waals surface area contributed by atoms with E-state index in [0.29, 0.717) is 19.5 Å².